The molecule has 0 amide bonds. The van der Waals surface area contributed by atoms with Gasteiger partial charge in [-0.2, -0.15) is 23.8 Å². The number of rotatable bonds is 1. The number of halogens is 1. The maximum absolute atomic E-state index is 5.71. The summed E-state index contributed by atoms with van der Waals surface area (Å²) >= 11 is 7.12. The largest absolute Gasteiger partial charge is 0.273 e. The minimum atomic E-state index is 0.163. The van der Waals surface area contributed by atoms with Crippen LogP contribution in [0.15, 0.2) is 60.7 Å². The van der Waals surface area contributed by atoms with Gasteiger partial charge < -0.3 is 0 Å². The van der Waals surface area contributed by atoms with E-state index in [0.717, 1.165) is 17.9 Å². The Balaban J connectivity index is 0.000000221. The number of hydrogen-bond acceptors (Lipinski definition) is 0. The first-order chi connectivity index (χ1) is 17.3. The van der Waals surface area contributed by atoms with Crippen LogP contribution in [0.5, 0.6) is 0 Å². The van der Waals surface area contributed by atoms with Gasteiger partial charge in [-0.25, -0.2) is 12.2 Å². The molecule has 0 heterocycles. The fourth-order valence-corrected chi connectivity index (χ4v) is 5.60. The summed E-state index contributed by atoms with van der Waals surface area (Å²) in [6.07, 6.45) is 11.0. The molecule has 0 spiro atoms. The van der Waals surface area contributed by atoms with E-state index in [2.05, 4.69) is 95.5 Å². The first-order valence-electron chi connectivity index (χ1n) is 13.0. The van der Waals surface area contributed by atoms with Gasteiger partial charge in [0.25, 0.3) is 0 Å². The van der Waals surface area contributed by atoms with Crippen LogP contribution in [0, 0.1) is 26.0 Å². The number of hydrogen-bond donors (Lipinski definition) is 0. The van der Waals surface area contributed by atoms with Crippen molar-refractivity contribution in [3.05, 3.63) is 117 Å². The van der Waals surface area contributed by atoms with Crippen LogP contribution in [0.2, 0.25) is 5.02 Å². The molecule has 0 nitrogen and oxygen atoms in total. The van der Waals surface area contributed by atoms with Gasteiger partial charge in [0, 0.05) is 0 Å². The number of fused-ring (bicyclic) bond motifs is 3. The summed E-state index contributed by atoms with van der Waals surface area (Å²) in [4.78, 5) is 0. The second kappa shape index (κ2) is 12.4. The van der Waals surface area contributed by atoms with Crippen molar-refractivity contribution in [3.8, 4) is 11.1 Å². The minimum absolute atomic E-state index is 0.163. The molecule has 0 N–H and O–H groups in total. The van der Waals surface area contributed by atoms with E-state index in [1.54, 1.807) is 0 Å². The van der Waals surface area contributed by atoms with Crippen LogP contribution in [0.25, 0.3) is 11.1 Å². The second-order valence-corrected chi connectivity index (χ2v) is 13.0. The molecule has 3 aromatic rings. The van der Waals surface area contributed by atoms with Crippen molar-refractivity contribution in [1.82, 2.24) is 0 Å². The SMILES string of the molecule is Cc1[c-]c2c(cc1C(C)(C)C)-c1cc(C(C)(C)C)c(C)cc1C2.Clc1cccc([CH]=[Zr+2])c1.[C-]1=CC=CC1. The third-order valence-electron chi connectivity index (χ3n) is 6.68. The van der Waals surface area contributed by atoms with Crippen LogP contribution in [-0.2, 0) is 41.5 Å². The fraction of sp³-hybridized carbons (Fsp3) is 0.343. The van der Waals surface area contributed by atoms with Gasteiger partial charge in [0.2, 0.25) is 0 Å². The van der Waals surface area contributed by atoms with Crippen molar-refractivity contribution in [1.29, 1.82) is 0 Å². The molecule has 37 heavy (non-hydrogen) atoms. The summed E-state index contributed by atoms with van der Waals surface area (Å²) in [6, 6.07) is 18.8. The molecule has 0 fully saturated rings. The van der Waals surface area contributed by atoms with E-state index in [4.69, 9.17) is 11.6 Å². The van der Waals surface area contributed by atoms with Crippen molar-refractivity contribution in [2.75, 3.05) is 0 Å². The first kappa shape index (κ1) is 29.7. The summed E-state index contributed by atoms with van der Waals surface area (Å²) in [5.74, 6) is 0. The van der Waals surface area contributed by atoms with Crippen LogP contribution in [0.4, 0.5) is 0 Å². The van der Waals surface area contributed by atoms with Crippen LogP contribution in [-0.4, -0.2) is 3.71 Å². The van der Waals surface area contributed by atoms with Crippen molar-refractivity contribution in [3.63, 3.8) is 0 Å². The van der Waals surface area contributed by atoms with Crippen molar-refractivity contribution < 1.29 is 24.2 Å². The Labute approximate surface area is 245 Å². The van der Waals surface area contributed by atoms with Gasteiger partial charge in [-0.05, 0) is 35.4 Å². The van der Waals surface area contributed by atoms with Crippen LogP contribution < -0.4 is 0 Å². The molecule has 0 unspecified atom stereocenters. The molecule has 3 aromatic carbocycles. The molecule has 0 bridgehead atoms. The molecule has 0 saturated heterocycles. The standard InChI is InChI=1S/C23H29.C7H5Cl.C5H5.Zr/c1-14-9-16-11-17-10-15(2)21(23(6,7)8)13-19(17)18(16)12-20(14)22(3,4)5;1-6-3-2-4-7(8)5-6;1-2-4-5-3-1;/h9,12-13H,11H2,1-8H3;1-5H;1-3H,4H2;/q-1;;-1;+2. The smallest absolute Gasteiger partial charge is 0.109 e. The summed E-state index contributed by atoms with van der Waals surface area (Å²) in [5.41, 5.74) is 12.8. The van der Waals surface area contributed by atoms with Gasteiger partial charge >= 0.3 is 74.4 Å². The Hall–Kier alpha value is -1.82. The summed E-state index contributed by atoms with van der Waals surface area (Å²) in [7, 11) is 0. The average molecular weight is 586 g/mol. The maximum atomic E-state index is 5.71. The molecule has 190 valence electrons. The summed E-state index contributed by atoms with van der Waals surface area (Å²) in [6.45, 7) is 18.2. The Bertz CT molecular complexity index is 1250. The monoisotopic (exact) mass is 584 g/mol. The Kier molecular flexibility index (Phi) is 9.93. The zero-order valence-corrected chi connectivity index (χ0v) is 26.9. The van der Waals surface area contributed by atoms with E-state index in [-0.39, 0.29) is 10.8 Å². The molecule has 0 aliphatic heterocycles. The van der Waals surface area contributed by atoms with Gasteiger partial charge in [0.1, 0.15) is 0 Å². The molecular weight excluding hydrogens is 547 g/mol. The predicted octanol–water partition coefficient (Wildman–Crippen LogP) is 9.61. The number of benzene rings is 3. The quantitative estimate of drug-likeness (QED) is 0.195. The zero-order chi connectivity index (χ0) is 27.4. The van der Waals surface area contributed by atoms with Crippen molar-refractivity contribution in [2.45, 2.75) is 79.1 Å². The average Bonchev–Trinajstić information content (AvgIpc) is 3.48. The molecule has 0 radical (unpaired) electrons. The van der Waals surface area contributed by atoms with Crippen molar-refractivity contribution >= 4 is 15.3 Å². The zero-order valence-electron chi connectivity index (χ0n) is 23.6. The normalized spacial score (nSPS) is 13.3. The maximum Gasteiger partial charge on any atom is -0.109 e. The first-order valence-corrected chi connectivity index (χ1v) is 14.8. The molecule has 0 atom stereocenters. The molecular formula is C35H39ClZr. The van der Waals surface area contributed by atoms with Gasteiger partial charge in [0.15, 0.2) is 0 Å². The van der Waals surface area contributed by atoms with E-state index < -0.39 is 0 Å². The molecule has 2 aliphatic rings. The fourth-order valence-electron chi connectivity index (χ4n) is 4.96. The van der Waals surface area contributed by atoms with Crippen LogP contribution in [0.1, 0.15) is 86.9 Å². The third-order valence-corrected chi connectivity index (χ3v) is 7.74. The molecule has 0 aromatic heterocycles. The molecule has 2 aliphatic carbocycles. The Morgan fingerprint density at radius 2 is 1.57 bits per heavy atom. The van der Waals surface area contributed by atoms with Crippen molar-refractivity contribution in [2.24, 2.45) is 0 Å². The second-order valence-electron chi connectivity index (χ2n) is 11.9. The number of aryl methyl sites for hydroxylation is 2. The van der Waals surface area contributed by atoms with Crippen LogP contribution >= 0.6 is 11.6 Å². The summed E-state index contributed by atoms with van der Waals surface area (Å²) < 4.78 is 2.11. The Morgan fingerprint density at radius 3 is 2.05 bits per heavy atom. The molecule has 0 saturated carbocycles. The van der Waals surface area contributed by atoms with Gasteiger partial charge in [-0.3, -0.25) is 6.08 Å². The van der Waals surface area contributed by atoms with E-state index in [1.807, 2.05) is 36.4 Å². The van der Waals surface area contributed by atoms with Crippen LogP contribution in [0.3, 0.4) is 0 Å². The topological polar surface area (TPSA) is 0 Å². The number of allylic oxidation sites excluding steroid dienone is 4. The van der Waals surface area contributed by atoms with Gasteiger partial charge in [-0.1, -0.05) is 71.6 Å². The third kappa shape index (κ3) is 7.84. The van der Waals surface area contributed by atoms with E-state index >= 15 is 0 Å². The molecule has 2 heteroatoms. The van der Waals surface area contributed by atoms with Gasteiger partial charge in [-0.15, -0.1) is 23.1 Å². The Morgan fingerprint density at radius 1 is 0.892 bits per heavy atom. The minimum Gasteiger partial charge on any atom is -0.273 e. The predicted molar refractivity (Wildman–Crippen MR) is 159 cm³/mol. The van der Waals surface area contributed by atoms with E-state index in [0.29, 0.717) is 0 Å². The van der Waals surface area contributed by atoms with E-state index in [9.17, 15) is 0 Å². The molecule has 5 rings (SSSR count). The summed E-state index contributed by atoms with van der Waals surface area (Å²) in [5, 5.41) is 0.811. The van der Waals surface area contributed by atoms with E-state index in [1.165, 1.54) is 74.3 Å². The van der Waals surface area contributed by atoms with Gasteiger partial charge in [0.05, 0.1) is 0 Å².